The molecule has 1 aliphatic heterocycles. The van der Waals surface area contributed by atoms with Crippen LogP contribution in [0.4, 0.5) is 0 Å². The van der Waals surface area contributed by atoms with Crippen LogP contribution >= 0.6 is 55.0 Å². The first-order chi connectivity index (χ1) is 8.66. The van der Waals surface area contributed by atoms with E-state index in [1.807, 2.05) is 17.8 Å². The summed E-state index contributed by atoms with van der Waals surface area (Å²) in [4.78, 5) is 15.0. The molecule has 0 radical (unpaired) electrons. The molecule has 0 atom stereocenters. The molecule has 1 saturated heterocycles. The van der Waals surface area contributed by atoms with Gasteiger partial charge in [0, 0.05) is 42.2 Å². The highest BCUT2D eigenvalue weighted by Crippen LogP contribution is 2.32. The molecule has 1 aliphatic rings. The zero-order valence-corrected chi connectivity index (χ0v) is 14.6. The lowest BCUT2D eigenvalue weighted by Crippen LogP contribution is -2.39. The number of carbonyl (C=O) groups is 1. The quantitative estimate of drug-likeness (QED) is 0.823. The fraction of sp³-hybridized carbons (Fsp3) is 0.545. The molecular weight excluding hydrogens is 400 g/mol. The molecule has 18 heavy (non-hydrogen) atoms. The minimum Gasteiger partial charge on any atom is -0.350 e. The van der Waals surface area contributed by atoms with Gasteiger partial charge in [0.2, 0.25) is 0 Å². The fourth-order valence-corrected chi connectivity index (χ4v) is 4.63. The van der Waals surface area contributed by atoms with Gasteiger partial charge in [0.05, 0.1) is 8.66 Å². The standard InChI is InChI=1S/C11H14Br2N2OS2/c12-8-7-9(18-10(8)13)11(16)14-1-2-15-3-5-17-6-4-15/h7H,1-6H2,(H,14,16). The average Bonchev–Trinajstić information content (AvgIpc) is 2.71. The van der Waals surface area contributed by atoms with Gasteiger partial charge in [-0.25, -0.2) is 0 Å². The zero-order valence-electron chi connectivity index (χ0n) is 9.75. The summed E-state index contributed by atoms with van der Waals surface area (Å²) >= 11 is 10.2. The smallest absolute Gasteiger partial charge is 0.261 e. The van der Waals surface area contributed by atoms with E-state index in [9.17, 15) is 4.79 Å². The van der Waals surface area contributed by atoms with E-state index in [-0.39, 0.29) is 5.91 Å². The van der Waals surface area contributed by atoms with Crippen LogP contribution in [0.15, 0.2) is 14.3 Å². The van der Waals surface area contributed by atoms with Gasteiger partial charge < -0.3 is 5.32 Å². The molecule has 2 rings (SSSR count). The van der Waals surface area contributed by atoms with Crippen molar-refractivity contribution in [2.75, 3.05) is 37.7 Å². The average molecular weight is 414 g/mol. The number of rotatable bonds is 4. The SMILES string of the molecule is O=C(NCCN1CCSCC1)c1cc(Br)c(Br)s1. The Bertz CT molecular complexity index is 400. The van der Waals surface area contributed by atoms with Crippen molar-refractivity contribution in [1.29, 1.82) is 0 Å². The van der Waals surface area contributed by atoms with Gasteiger partial charge >= 0.3 is 0 Å². The Kier molecular flexibility index (Phi) is 6.00. The number of carbonyl (C=O) groups excluding carboxylic acids is 1. The first kappa shape index (κ1) is 14.8. The number of nitrogens with one attached hydrogen (secondary N) is 1. The molecule has 100 valence electrons. The van der Waals surface area contributed by atoms with Crippen molar-refractivity contribution in [3.05, 3.63) is 19.2 Å². The van der Waals surface area contributed by atoms with E-state index in [4.69, 9.17) is 0 Å². The molecule has 0 saturated carbocycles. The molecule has 7 heteroatoms. The van der Waals surface area contributed by atoms with E-state index in [1.54, 1.807) is 0 Å². The molecule has 1 aromatic rings. The van der Waals surface area contributed by atoms with Crippen molar-refractivity contribution in [2.45, 2.75) is 0 Å². The van der Waals surface area contributed by atoms with Gasteiger partial charge in [-0.3, -0.25) is 9.69 Å². The third kappa shape index (κ3) is 4.23. The molecule has 0 spiro atoms. The Hall–Kier alpha value is 0.440. The van der Waals surface area contributed by atoms with Crippen LogP contribution in [0, 0.1) is 0 Å². The monoisotopic (exact) mass is 412 g/mol. The molecule has 3 nitrogen and oxygen atoms in total. The second kappa shape index (κ2) is 7.28. The first-order valence-corrected chi connectivity index (χ1v) is 9.25. The Morgan fingerprint density at radius 1 is 1.39 bits per heavy atom. The molecule has 0 bridgehead atoms. The molecule has 1 fully saturated rings. The first-order valence-electron chi connectivity index (χ1n) is 5.70. The summed E-state index contributed by atoms with van der Waals surface area (Å²) in [6.45, 7) is 3.93. The van der Waals surface area contributed by atoms with Crippen LogP contribution in [0.25, 0.3) is 0 Å². The largest absolute Gasteiger partial charge is 0.350 e. The molecule has 0 aromatic carbocycles. The maximum Gasteiger partial charge on any atom is 0.261 e. The van der Waals surface area contributed by atoms with Crippen LogP contribution in [0.3, 0.4) is 0 Å². The van der Waals surface area contributed by atoms with Crippen LogP contribution in [-0.2, 0) is 0 Å². The lowest BCUT2D eigenvalue weighted by atomic mass is 10.4. The summed E-state index contributed by atoms with van der Waals surface area (Å²) in [6.07, 6.45) is 0. The van der Waals surface area contributed by atoms with Crippen molar-refractivity contribution in [2.24, 2.45) is 0 Å². The van der Waals surface area contributed by atoms with E-state index >= 15 is 0 Å². The van der Waals surface area contributed by atoms with Crippen molar-refractivity contribution >= 4 is 60.9 Å². The van der Waals surface area contributed by atoms with Gasteiger partial charge in [-0.1, -0.05) is 0 Å². The van der Waals surface area contributed by atoms with E-state index in [0.29, 0.717) is 0 Å². The number of thioether (sulfide) groups is 1. The lowest BCUT2D eigenvalue weighted by molar-refractivity contribution is 0.0953. The lowest BCUT2D eigenvalue weighted by Gasteiger charge is -2.25. The van der Waals surface area contributed by atoms with Crippen LogP contribution in [0.1, 0.15) is 9.67 Å². The minimum atomic E-state index is 0.0118. The number of hydrogen-bond acceptors (Lipinski definition) is 4. The number of hydrogen-bond donors (Lipinski definition) is 1. The number of thiophene rings is 1. The van der Waals surface area contributed by atoms with Gasteiger partial charge in [0.1, 0.15) is 0 Å². The second-order valence-electron chi connectivity index (χ2n) is 3.94. The predicted molar refractivity (Wildman–Crippen MR) is 85.8 cm³/mol. The Labute approximate surface area is 132 Å². The Balaban J connectivity index is 1.74. The topological polar surface area (TPSA) is 32.3 Å². The maximum absolute atomic E-state index is 11.9. The Morgan fingerprint density at radius 3 is 2.72 bits per heavy atom. The van der Waals surface area contributed by atoms with E-state index in [0.717, 1.165) is 39.3 Å². The Morgan fingerprint density at radius 2 is 2.11 bits per heavy atom. The highest BCUT2D eigenvalue weighted by atomic mass is 79.9. The van der Waals surface area contributed by atoms with E-state index < -0.39 is 0 Å². The third-order valence-electron chi connectivity index (χ3n) is 2.69. The highest BCUT2D eigenvalue weighted by Gasteiger charge is 2.13. The molecule has 1 aromatic heterocycles. The zero-order chi connectivity index (χ0) is 13.0. The molecule has 1 amide bonds. The van der Waals surface area contributed by atoms with Crippen molar-refractivity contribution in [1.82, 2.24) is 10.2 Å². The summed E-state index contributed by atoms with van der Waals surface area (Å²) in [5, 5.41) is 2.97. The number of amides is 1. The van der Waals surface area contributed by atoms with E-state index in [2.05, 4.69) is 42.1 Å². The number of halogens is 2. The van der Waals surface area contributed by atoms with Crippen LogP contribution in [-0.4, -0.2) is 48.5 Å². The van der Waals surface area contributed by atoms with Gasteiger partial charge in [-0.05, 0) is 37.9 Å². The summed E-state index contributed by atoms with van der Waals surface area (Å²) in [6, 6.07) is 1.85. The minimum absolute atomic E-state index is 0.0118. The predicted octanol–water partition coefficient (Wildman–Crippen LogP) is 3.05. The fourth-order valence-electron chi connectivity index (χ4n) is 1.70. The molecule has 2 heterocycles. The summed E-state index contributed by atoms with van der Waals surface area (Å²) in [7, 11) is 0. The molecule has 0 unspecified atom stereocenters. The van der Waals surface area contributed by atoms with Crippen LogP contribution < -0.4 is 5.32 Å². The number of nitrogens with zero attached hydrogens (tertiary/aromatic N) is 1. The van der Waals surface area contributed by atoms with Crippen molar-refractivity contribution in [3.63, 3.8) is 0 Å². The van der Waals surface area contributed by atoms with Crippen LogP contribution in [0.2, 0.25) is 0 Å². The van der Waals surface area contributed by atoms with Gasteiger partial charge in [0.25, 0.3) is 5.91 Å². The van der Waals surface area contributed by atoms with Gasteiger partial charge in [0.15, 0.2) is 0 Å². The van der Waals surface area contributed by atoms with Crippen molar-refractivity contribution in [3.8, 4) is 0 Å². The summed E-state index contributed by atoms with van der Waals surface area (Å²) < 4.78 is 1.89. The maximum atomic E-state index is 11.9. The van der Waals surface area contributed by atoms with Gasteiger partial charge in [-0.2, -0.15) is 11.8 Å². The molecule has 1 N–H and O–H groups in total. The normalized spacial score (nSPS) is 16.8. The van der Waals surface area contributed by atoms with Gasteiger partial charge in [-0.15, -0.1) is 11.3 Å². The van der Waals surface area contributed by atoms with Crippen LogP contribution in [0.5, 0.6) is 0 Å². The molecular formula is C11H14Br2N2OS2. The second-order valence-corrected chi connectivity index (χ2v) is 8.39. The third-order valence-corrected chi connectivity index (χ3v) is 6.88. The summed E-state index contributed by atoms with van der Waals surface area (Å²) in [5.41, 5.74) is 0. The highest BCUT2D eigenvalue weighted by molar-refractivity contribution is 9.13. The van der Waals surface area contributed by atoms with Crippen molar-refractivity contribution < 1.29 is 4.79 Å². The molecule has 0 aliphatic carbocycles. The summed E-state index contributed by atoms with van der Waals surface area (Å²) in [5.74, 6) is 2.43. The van der Waals surface area contributed by atoms with E-state index in [1.165, 1.54) is 22.8 Å².